The first-order chi connectivity index (χ1) is 9.78. The van der Waals surface area contributed by atoms with Gasteiger partial charge in [0.25, 0.3) is 0 Å². The lowest BCUT2D eigenvalue weighted by atomic mass is 10.1. The van der Waals surface area contributed by atoms with Crippen molar-refractivity contribution in [3.05, 3.63) is 65.8 Å². The number of hydrogen-bond donors (Lipinski definition) is 0. The first-order valence-corrected chi connectivity index (χ1v) is 6.00. The van der Waals surface area contributed by atoms with Crippen LogP contribution in [0.3, 0.4) is 0 Å². The molecule has 0 aliphatic heterocycles. The van der Waals surface area contributed by atoms with E-state index in [1.54, 1.807) is 30.3 Å². The second kappa shape index (κ2) is 4.98. The number of aromatic nitrogens is 1. The van der Waals surface area contributed by atoms with Crippen molar-refractivity contribution < 1.29 is 8.81 Å². The Morgan fingerprint density at radius 2 is 1.90 bits per heavy atom. The molecule has 0 saturated heterocycles. The fourth-order valence-electron chi connectivity index (χ4n) is 1.88. The van der Waals surface area contributed by atoms with Crippen LogP contribution in [0.2, 0.25) is 0 Å². The van der Waals surface area contributed by atoms with Crippen molar-refractivity contribution in [3.63, 3.8) is 0 Å². The summed E-state index contributed by atoms with van der Waals surface area (Å²) in [6, 6.07) is 15.4. The maximum Gasteiger partial charge on any atom is 0.238 e. The smallest absolute Gasteiger partial charge is 0.238 e. The molecular weight excluding hydrogens is 255 g/mol. The van der Waals surface area contributed by atoms with Gasteiger partial charge >= 0.3 is 0 Å². The normalized spacial score (nSPS) is 11.5. The van der Waals surface area contributed by atoms with E-state index in [4.69, 9.17) is 4.42 Å². The van der Waals surface area contributed by atoms with Crippen LogP contribution in [0.4, 0.5) is 4.39 Å². The molecule has 1 heterocycles. The van der Waals surface area contributed by atoms with Crippen molar-refractivity contribution in [2.75, 3.05) is 0 Å². The predicted molar refractivity (Wildman–Crippen MR) is 73.9 cm³/mol. The maximum atomic E-state index is 13.6. The van der Waals surface area contributed by atoms with E-state index in [-0.39, 0.29) is 11.5 Å². The van der Waals surface area contributed by atoms with E-state index >= 15 is 0 Å². The number of nitrogens with zero attached hydrogens (tertiary/aromatic N) is 2. The molecule has 0 atom stereocenters. The zero-order chi connectivity index (χ0) is 13.9. The number of benzene rings is 2. The first kappa shape index (κ1) is 12.1. The third-order valence-electron chi connectivity index (χ3n) is 2.85. The van der Waals surface area contributed by atoms with Crippen molar-refractivity contribution in [2.24, 2.45) is 0 Å². The molecule has 3 rings (SSSR count). The van der Waals surface area contributed by atoms with Crippen molar-refractivity contribution >= 4 is 22.7 Å². The van der Waals surface area contributed by atoms with Gasteiger partial charge in [-0.05, 0) is 24.3 Å². The molecule has 0 unspecified atom stereocenters. The zero-order valence-electron chi connectivity index (χ0n) is 10.4. The van der Waals surface area contributed by atoms with Crippen LogP contribution in [0.1, 0.15) is 11.5 Å². The van der Waals surface area contributed by atoms with Crippen LogP contribution in [0.5, 0.6) is 0 Å². The molecule has 0 aliphatic carbocycles. The highest BCUT2D eigenvalue weighted by Crippen LogP contribution is 2.23. The van der Waals surface area contributed by atoms with E-state index in [1.807, 2.05) is 18.2 Å². The number of oxazole rings is 1. The van der Waals surface area contributed by atoms with Gasteiger partial charge in [0.1, 0.15) is 23.0 Å². The fourth-order valence-corrected chi connectivity index (χ4v) is 1.88. The van der Waals surface area contributed by atoms with Crippen LogP contribution >= 0.6 is 0 Å². The zero-order valence-corrected chi connectivity index (χ0v) is 10.4. The van der Waals surface area contributed by atoms with E-state index in [0.717, 1.165) is 0 Å². The SMILES string of the molecule is N#CC(=Cc1ccccc1F)c1nc2ccccc2o1. The molecule has 2 aromatic carbocycles. The van der Waals surface area contributed by atoms with Crippen LogP contribution < -0.4 is 0 Å². The lowest BCUT2D eigenvalue weighted by Crippen LogP contribution is -1.84. The Hall–Kier alpha value is -2.93. The summed E-state index contributed by atoms with van der Waals surface area (Å²) in [6.07, 6.45) is 1.43. The van der Waals surface area contributed by atoms with E-state index in [0.29, 0.717) is 16.7 Å². The lowest BCUT2D eigenvalue weighted by molar-refractivity contribution is 0.586. The van der Waals surface area contributed by atoms with Crippen LogP contribution in [0.15, 0.2) is 52.9 Å². The van der Waals surface area contributed by atoms with Gasteiger partial charge in [-0.25, -0.2) is 9.37 Å². The quantitative estimate of drug-likeness (QED) is 0.656. The summed E-state index contributed by atoms with van der Waals surface area (Å²) in [7, 11) is 0. The minimum absolute atomic E-state index is 0.186. The molecule has 96 valence electrons. The van der Waals surface area contributed by atoms with Gasteiger partial charge in [-0.2, -0.15) is 5.26 Å². The molecular formula is C16H9FN2O. The highest BCUT2D eigenvalue weighted by molar-refractivity contribution is 5.88. The van der Waals surface area contributed by atoms with Gasteiger partial charge < -0.3 is 4.42 Å². The molecule has 20 heavy (non-hydrogen) atoms. The predicted octanol–water partition coefficient (Wildman–Crippen LogP) is 4.03. The number of fused-ring (bicyclic) bond motifs is 1. The van der Waals surface area contributed by atoms with Gasteiger partial charge in [0.05, 0.1) is 0 Å². The summed E-state index contributed by atoms with van der Waals surface area (Å²) in [5, 5.41) is 9.22. The Bertz CT molecular complexity index is 810. The van der Waals surface area contributed by atoms with Crippen LogP contribution in [-0.4, -0.2) is 4.98 Å². The topological polar surface area (TPSA) is 49.8 Å². The molecule has 0 fully saturated rings. The Labute approximate surface area is 114 Å². The molecule has 0 amide bonds. The number of rotatable bonds is 2. The minimum atomic E-state index is -0.392. The molecule has 1 aromatic heterocycles. The van der Waals surface area contributed by atoms with E-state index < -0.39 is 5.82 Å². The minimum Gasteiger partial charge on any atom is -0.435 e. The largest absolute Gasteiger partial charge is 0.435 e. The Kier molecular flexibility index (Phi) is 3.02. The first-order valence-electron chi connectivity index (χ1n) is 6.00. The highest BCUT2D eigenvalue weighted by atomic mass is 19.1. The van der Waals surface area contributed by atoms with Gasteiger partial charge in [-0.15, -0.1) is 0 Å². The van der Waals surface area contributed by atoms with Gasteiger partial charge in [0.15, 0.2) is 5.58 Å². The molecule has 0 N–H and O–H groups in total. The summed E-state index contributed by atoms with van der Waals surface area (Å²) in [5.41, 5.74) is 1.77. The second-order valence-corrected chi connectivity index (χ2v) is 4.18. The summed E-state index contributed by atoms with van der Waals surface area (Å²) in [4.78, 5) is 4.23. The third kappa shape index (κ3) is 2.17. The van der Waals surface area contributed by atoms with Gasteiger partial charge in [-0.1, -0.05) is 30.3 Å². The molecule has 0 aliphatic rings. The van der Waals surface area contributed by atoms with Crippen LogP contribution in [-0.2, 0) is 0 Å². The number of nitriles is 1. The average molecular weight is 264 g/mol. The second-order valence-electron chi connectivity index (χ2n) is 4.18. The highest BCUT2D eigenvalue weighted by Gasteiger charge is 2.11. The average Bonchev–Trinajstić information content (AvgIpc) is 2.90. The monoisotopic (exact) mass is 264 g/mol. The summed E-state index contributed by atoms with van der Waals surface area (Å²) in [5.74, 6) is -0.201. The summed E-state index contributed by atoms with van der Waals surface area (Å²) < 4.78 is 19.1. The van der Waals surface area contributed by atoms with E-state index in [9.17, 15) is 9.65 Å². The van der Waals surface area contributed by atoms with Crippen molar-refractivity contribution in [3.8, 4) is 6.07 Å². The molecule has 4 heteroatoms. The van der Waals surface area contributed by atoms with Gasteiger partial charge in [0.2, 0.25) is 5.89 Å². The van der Waals surface area contributed by atoms with Gasteiger partial charge in [0, 0.05) is 5.56 Å². The van der Waals surface area contributed by atoms with Crippen molar-refractivity contribution in [1.29, 1.82) is 5.26 Å². The lowest BCUT2D eigenvalue weighted by Gasteiger charge is -1.96. The van der Waals surface area contributed by atoms with Crippen LogP contribution in [0, 0.1) is 17.1 Å². The fraction of sp³-hybridized carbons (Fsp3) is 0. The molecule has 0 bridgehead atoms. The van der Waals surface area contributed by atoms with Crippen molar-refractivity contribution in [1.82, 2.24) is 4.98 Å². The van der Waals surface area contributed by atoms with E-state index in [1.165, 1.54) is 12.1 Å². The molecule has 0 radical (unpaired) electrons. The van der Waals surface area contributed by atoms with Crippen LogP contribution in [0.25, 0.3) is 22.7 Å². The number of allylic oxidation sites excluding steroid dienone is 1. The number of hydrogen-bond acceptors (Lipinski definition) is 3. The van der Waals surface area contributed by atoms with Gasteiger partial charge in [-0.3, -0.25) is 0 Å². The number of para-hydroxylation sites is 2. The van der Waals surface area contributed by atoms with Crippen molar-refractivity contribution in [2.45, 2.75) is 0 Å². The maximum absolute atomic E-state index is 13.6. The third-order valence-corrected chi connectivity index (χ3v) is 2.85. The summed E-state index contributed by atoms with van der Waals surface area (Å²) in [6.45, 7) is 0. The Morgan fingerprint density at radius 1 is 1.15 bits per heavy atom. The van der Waals surface area contributed by atoms with E-state index in [2.05, 4.69) is 4.98 Å². The summed E-state index contributed by atoms with van der Waals surface area (Å²) >= 11 is 0. The molecule has 3 nitrogen and oxygen atoms in total. The molecule has 0 saturated carbocycles. The Balaban J connectivity index is 2.10. The molecule has 0 spiro atoms. The Morgan fingerprint density at radius 3 is 2.65 bits per heavy atom. The standard InChI is InChI=1S/C16H9FN2O/c17-13-6-2-1-5-11(13)9-12(10-18)16-19-14-7-3-4-8-15(14)20-16/h1-9H. The molecule has 3 aromatic rings. The number of halogens is 1.